The van der Waals surface area contributed by atoms with Crippen LogP contribution in [0.2, 0.25) is 14.4 Å². The monoisotopic (exact) mass is 304 g/mol. The molecule has 0 amide bonds. The number of thiophene rings is 1. The first-order valence-electron chi connectivity index (χ1n) is 4.75. The van der Waals surface area contributed by atoms with Gasteiger partial charge in [0, 0.05) is 0 Å². The second-order valence-electron chi connectivity index (χ2n) is 3.49. The molecule has 1 heterocycles. The summed E-state index contributed by atoms with van der Waals surface area (Å²) in [5, 5.41) is 0.703. The van der Waals surface area contributed by atoms with Gasteiger partial charge in [0.25, 0.3) is 0 Å². The molecule has 0 fully saturated rings. The second kappa shape index (κ2) is 4.99. The fraction of sp³-hybridized carbons (Fsp3) is 0.0833. The molecule has 1 nitrogen and oxygen atoms in total. The van der Waals surface area contributed by atoms with Crippen molar-refractivity contribution in [3.63, 3.8) is 0 Å². The van der Waals surface area contributed by atoms with Crippen molar-refractivity contribution in [2.24, 2.45) is 0 Å². The zero-order chi connectivity index (χ0) is 12.6. The Morgan fingerprint density at radius 1 is 1.18 bits per heavy atom. The zero-order valence-corrected chi connectivity index (χ0v) is 11.8. The first kappa shape index (κ1) is 12.9. The number of carbonyl (C=O) groups excluding carboxylic acids is 1. The molecule has 0 spiro atoms. The van der Waals surface area contributed by atoms with Gasteiger partial charge in [0.2, 0.25) is 5.78 Å². The number of rotatable bonds is 2. The molecule has 1 aromatic carbocycles. The molecular weight excluding hydrogens is 299 g/mol. The quantitative estimate of drug-likeness (QED) is 0.693. The number of carbonyl (C=O) groups is 1. The lowest BCUT2D eigenvalue weighted by Gasteiger charge is -2.03. The first-order valence-corrected chi connectivity index (χ1v) is 6.70. The van der Waals surface area contributed by atoms with Crippen molar-refractivity contribution in [1.29, 1.82) is 0 Å². The number of ketones is 1. The van der Waals surface area contributed by atoms with E-state index in [0.29, 0.717) is 24.8 Å². The normalized spacial score (nSPS) is 10.6. The molecule has 0 saturated carbocycles. The largest absolute Gasteiger partial charge is 0.288 e. The first-order chi connectivity index (χ1) is 8.00. The highest BCUT2D eigenvalue weighted by atomic mass is 35.5. The Hall–Kier alpha value is -0.540. The van der Waals surface area contributed by atoms with Crippen LogP contribution in [0.4, 0.5) is 0 Å². The van der Waals surface area contributed by atoms with Crippen LogP contribution in [0.25, 0.3) is 0 Å². The molecule has 1 aromatic heterocycles. The van der Waals surface area contributed by atoms with Crippen LogP contribution in [0.3, 0.4) is 0 Å². The van der Waals surface area contributed by atoms with Crippen LogP contribution in [-0.2, 0) is 0 Å². The van der Waals surface area contributed by atoms with Gasteiger partial charge in [0.1, 0.15) is 0 Å². The maximum atomic E-state index is 12.2. The smallest absolute Gasteiger partial charge is 0.206 e. The van der Waals surface area contributed by atoms with Gasteiger partial charge in [-0.3, -0.25) is 4.79 Å². The minimum Gasteiger partial charge on any atom is -0.288 e. The number of aryl methyl sites for hydroxylation is 1. The zero-order valence-electron chi connectivity index (χ0n) is 8.76. The summed E-state index contributed by atoms with van der Waals surface area (Å²) in [5.74, 6) is -0.194. The van der Waals surface area contributed by atoms with Gasteiger partial charge >= 0.3 is 0 Å². The summed E-state index contributed by atoms with van der Waals surface area (Å²) in [6.45, 7) is 1.85. The molecule has 0 atom stereocenters. The molecule has 0 aliphatic rings. The van der Waals surface area contributed by atoms with E-state index in [4.69, 9.17) is 34.8 Å². The van der Waals surface area contributed by atoms with Crippen LogP contribution in [0.5, 0.6) is 0 Å². The summed E-state index contributed by atoms with van der Waals surface area (Å²) >= 11 is 19.1. The Morgan fingerprint density at radius 2 is 1.76 bits per heavy atom. The molecule has 2 rings (SSSR count). The Bertz CT molecular complexity index is 550. The van der Waals surface area contributed by atoms with Crippen LogP contribution in [0.1, 0.15) is 20.8 Å². The van der Waals surface area contributed by atoms with E-state index >= 15 is 0 Å². The minimum absolute atomic E-state index is 0.194. The van der Waals surface area contributed by atoms with Gasteiger partial charge in [-0.05, 0) is 30.7 Å². The van der Waals surface area contributed by atoms with Gasteiger partial charge < -0.3 is 0 Å². The van der Waals surface area contributed by atoms with Crippen molar-refractivity contribution in [3.8, 4) is 0 Å². The Labute approximate surface area is 118 Å². The van der Waals surface area contributed by atoms with Crippen molar-refractivity contribution < 1.29 is 4.79 Å². The van der Waals surface area contributed by atoms with Gasteiger partial charge in [0.05, 0.1) is 24.8 Å². The summed E-state index contributed by atoms with van der Waals surface area (Å²) in [6, 6.07) is 6.73. The summed E-state index contributed by atoms with van der Waals surface area (Å²) < 4.78 is 0.608. The van der Waals surface area contributed by atoms with Gasteiger partial charge in [-0.25, -0.2) is 0 Å². The van der Waals surface area contributed by atoms with Crippen LogP contribution >= 0.6 is 46.1 Å². The van der Waals surface area contributed by atoms with E-state index in [1.165, 1.54) is 11.3 Å². The second-order valence-corrected chi connectivity index (χ2v) is 5.96. The average Bonchev–Trinajstić information content (AvgIpc) is 2.59. The Kier molecular flexibility index (Phi) is 3.79. The summed E-state index contributed by atoms with van der Waals surface area (Å²) in [6.07, 6.45) is 0. The van der Waals surface area contributed by atoms with E-state index in [9.17, 15) is 4.79 Å². The van der Waals surface area contributed by atoms with Crippen LogP contribution in [0, 0.1) is 6.92 Å². The van der Waals surface area contributed by atoms with Crippen molar-refractivity contribution in [2.75, 3.05) is 0 Å². The lowest BCUT2D eigenvalue weighted by Crippen LogP contribution is -2.00. The van der Waals surface area contributed by atoms with Gasteiger partial charge in [-0.1, -0.05) is 40.9 Å². The number of halogens is 3. The van der Waals surface area contributed by atoms with Gasteiger partial charge in [-0.15, -0.1) is 11.3 Å². The van der Waals surface area contributed by atoms with Crippen molar-refractivity contribution in [2.45, 2.75) is 6.92 Å². The predicted molar refractivity (Wildman–Crippen MR) is 74.0 cm³/mol. The van der Waals surface area contributed by atoms with Crippen molar-refractivity contribution >= 4 is 51.9 Å². The molecule has 2 aromatic rings. The number of benzene rings is 1. The standard InChI is InChI=1S/C12H7Cl3OS/c1-6-5-9(17-12(6)15)11(16)10-7(13)3-2-4-8(10)14/h2-5H,1H3. The summed E-state index contributed by atoms with van der Waals surface area (Å²) in [7, 11) is 0. The highest BCUT2D eigenvalue weighted by molar-refractivity contribution is 7.18. The highest BCUT2D eigenvalue weighted by Gasteiger charge is 2.19. The molecule has 0 saturated heterocycles. The maximum Gasteiger partial charge on any atom is 0.206 e. The van der Waals surface area contributed by atoms with E-state index < -0.39 is 0 Å². The third-order valence-corrected chi connectivity index (χ3v) is 4.45. The third kappa shape index (κ3) is 2.50. The van der Waals surface area contributed by atoms with Crippen molar-refractivity contribution in [1.82, 2.24) is 0 Å². The maximum absolute atomic E-state index is 12.2. The van der Waals surface area contributed by atoms with E-state index in [0.717, 1.165) is 5.56 Å². The number of hydrogen-bond donors (Lipinski definition) is 0. The Balaban J connectivity index is 2.51. The topological polar surface area (TPSA) is 17.1 Å². The average molecular weight is 306 g/mol. The number of hydrogen-bond acceptors (Lipinski definition) is 2. The van der Waals surface area contributed by atoms with Gasteiger partial charge in [0.15, 0.2) is 0 Å². The third-order valence-electron chi connectivity index (χ3n) is 2.27. The summed E-state index contributed by atoms with van der Waals surface area (Å²) in [5.41, 5.74) is 1.21. The van der Waals surface area contributed by atoms with E-state index in [2.05, 4.69) is 0 Å². The molecule has 0 aliphatic heterocycles. The van der Waals surface area contributed by atoms with E-state index in [-0.39, 0.29) is 5.78 Å². The van der Waals surface area contributed by atoms with Crippen LogP contribution in [-0.4, -0.2) is 5.78 Å². The molecular formula is C12H7Cl3OS. The molecule has 0 aliphatic carbocycles. The van der Waals surface area contributed by atoms with E-state index in [1.807, 2.05) is 6.92 Å². The van der Waals surface area contributed by atoms with E-state index in [1.54, 1.807) is 24.3 Å². The highest BCUT2D eigenvalue weighted by Crippen LogP contribution is 2.32. The van der Waals surface area contributed by atoms with Crippen LogP contribution < -0.4 is 0 Å². The van der Waals surface area contributed by atoms with Crippen LogP contribution in [0.15, 0.2) is 24.3 Å². The predicted octanol–water partition coefficient (Wildman–Crippen LogP) is 5.25. The fourth-order valence-electron chi connectivity index (χ4n) is 1.41. The molecule has 5 heteroatoms. The molecule has 0 unspecified atom stereocenters. The molecule has 88 valence electrons. The van der Waals surface area contributed by atoms with Crippen molar-refractivity contribution in [3.05, 3.63) is 54.7 Å². The Morgan fingerprint density at radius 3 is 2.24 bits per heavy atom. The fourth-order valence-corrected chi connectivity index (χ4v) is 3.13. The molecule has 0 N–H and O–H groups in total. The molecule has 17 heavy (non-hydrogen) atoms. The summed E-state index contributed by atoms with van der Waals surface area (Å²) in [4.78, 5) is 12.8. The minimum atomic E-state index is -0.194. The van der Waals surface area contributed by atoms with Gasteiger partial charge in [-0.2, -0.15) is 0 Å². The molecule has 0 radical (unpaired) electrons. The SMILES string of the molecule is Cc1cc(C(=O)c2c(Cl)cccc2Cl)sc1Cl. The lowest BCUT2D eigenvalue weighted by molar-refractivity contribution is 0.104. The molecule has 0 bridgehead atoms. The lowest BCUT2D eigenvalue weighted by atomic mass is 10.1.